The van der Waals surface area contributed by atoms with Crippen LogP contribution in [-0.2, 0) is 0 Å². The van der Waals surface area contributed by atoms with E-state index in [2.05, 4.69) is 38.1 Å². The number of benzene rings is 2. The fourth-order valence-corrected chi connectivity index (χ4v) is 4.31. The summed E-state index contributed by atoms with van der Waals surface area (Å²) >= 11 is 3.51. The second kappa shape index (κ2) is 12.0. The van der Waals surface area contributed by atoms with Gasteiger partial charge in [0.2, 0.25) is 0 Å². The van der Waals surface area contributed by atoms with Crippen molar-refractivity contribution in [1.29, 1.82) is 0 Å². The first kappa shape index (κ1) is 26.9. The molecule has 0 aliphatic carbocycles. The van der Waals surface area contributed by atoms with Crippen molar-refractivity contribution in [2.24, 2.45) is 0 Å². The van der Waals surface area contributed by atoms with Crippen molar-refractivity contribution in [3.05, 3.63) is 101 Å². The highest BCUT2D eigenvalue weighted by molar-refractivity contribution is 9.10. The lowest BCUT2D eigenvalue weighted by atomic mass is 10.1. The van der Waals surface area contributed by atoms with Crippen molar-refractivity contribution in [3.63, 3.8) is 0 Å². The summed E-state index contributed by atoms with van der Waals surface area (Å²) in [5.74, 6) is 1.21. The van der Waals surface area contributed by atoms with Gasteiger partial charge in [0.25, 0.3) is 5.91 Å². The summed E-state index contributed by atoms with van der Waals surface area (Å²) < 4.78 is 8.02. The van der Waals surface area contributed by atoms with Gasteiger partial charge in [0.05, 0.1) is 16.4 Å². The quantitative estimate of drug-likeness (QED) is 0.181. The van der Waals surface area contributed by atoms with Gasteiger partial charge in [-0.2, -0.15) is 5.10 Å². The molecule has 0 bridgehead atoms. The summed E-state index contributed by atoms with van der Waals surface area (Å²) in [7, 11) is 1.77. The maximum atomic E-state index is 13.3. The van der Waals surface area contributed by atoms with E-state index in [0.29, 0.717) is 53.5 Å². The highest BCUT2D eigenvalue weighted by atomic mass is 79.9. The summed E-state index contributed by atoms with van der Waals surface area (Å²) in [6, 6.07) is 16.6. The van der Waals surface area contributed by atoms with Crippen LogP contribution in [0.25, 0.3) is 22.7 Å². The molecule has 0 atom stereocenters. The third-order valence-electron chi connectivity index (χ3n) is 6.19. The van der Waals surface area contributed by atoms with Crippen molar-refractivity contribution in [2.75, 3.05) is 20.1 Å². The first-order valence-electron chi connectivity index (χ1n) is 12.2. The van der Waals surface area contributed by atoms with Gasteiger partial charge in [-0.05, 0) is 53.9 Å². The highest BCUT2D eigenvalue weighted by Gasteiger charge is 2.24. The van der Waals surface area contributed by atoms with Crippen molar-refractivity contribution in [1.82, 2.24) is 25.2 Å². The van der Waals surface area contributed by atoms with Crippen molar-refractivity contribution < 1.29 is 14.4 Å². The van der Waals surface area contributed by atoms with Crippen LogP contribution < -0.4 is 5.32 Å². The Morgan fingerprint density at radius 2 is 1.89 bits per heavy atom. The number of nitrogens with one attached hydrogen (secondary N) is 1. The molecule has 2 heterocycles. The first-order chi connectivity index (χ1) is 18.3. The molecule has 8 nitrogen and oxygen atoms in total. The number of allylic oxidation sites excluding steroid dienone is 2. The summed E-state index contributed by atoms with van der Waals surface area (Å²) in [6.07, 6.45) is 4.25. The molecular formula is C29H30BrN5O3. The Morgan fingerprint density at radius 3 is 2.58 bits per heavy atom. The fourth-order valence-electron chi connectivity index (χ4n) is 4.05. The van der Waals surface area contributed by atoms with Gasteiger partial charge in [-0.3, -0.25) is 4.79 Å². The predicted molar refractivity (Wildman–Crippen MR) is 152 cm³/mol. The second-order valence-electron chi connectivity index (χ2n) is 8.90. The molecule has 0 saturated heterocycles. The SMILES string of the molecule is C=C(/C=C(/NCCCN(C)C(=O)c1c(-c2ccccc2)noc1C)n1ncc(Br)c1C)c1ccccc1O. The average Bonchev–Trinajstić information content (AvgIpc) is 3.47. The van der Waals surface area contributed by atoms with Crippen LogP contribution >= 0.6 is 15.9 Å². The molecule has 2 aromatic carbocycles. The number of nitrogens with zero attached hydrogens (tertiary/aromatic N) is 4. The van der Waals surface area contributed by atoms with Crippen molar-refractivity contribution >= 4 is 33.2 Å². The van der Waals surface area contributed by atoms with Gasteiger partial charge in [0.15, 0.2) is 0 Å². The zero-order valence-corrected chi connectivity index (χ0v) is 23.2. The average molecular weight is 576 g/mol. The number of rotatable bonds is 10. The van der Waals surface area contributed by atoms with Gasteiger partial charge in [0, 0.05) is 31.3 Å². The first-order valence-corrected chi connectivity index (χ1v) is 13.0. The lowest BCUT2D eigenvalue weighted by molar-refractivity contribution is 0.0793. The third-order valence-corrected chi connectivity index (χ3v) is 6.96. The molecule has 2 N–H and O–H groups in total. The Labute approximate surface area is 230 Å². The van der Waals surface area contributed by atoms with Gasteiger partial charge >= 0.3 is 0 Å². The molecule has 38 heavy (non-hydrogen) atoms. The molecule has 0 radical (unpaired) electrons. The molecule has 4 rings (SSSR count). The van der Waals surface area contributed by atoms with E-state index in [0.717, 1.165) is 15.7 Å². The van der Waals surface area contributed by atoms with E-state index in [9.17, 15) is 9.90 Å². The lowest BCUT2D eigenvalue weighted by Gasteiger charge is -2.19. The number of phenolic OH excluding ortho intramolecular Hbond substituents is 1. The van der Waals surface area contributed by atoms with E-state index in [1.165, 1.54) is 0 Å². The van der Waals surface area contributed by atoms with Gasteiger partial charge in [0.1, 0.15) is 28.6 Å². The third kappa shape index (κ3) is 5.89. The standard InChI is InChI=1S/C29H30BrN5O3/c1-19(23-13-8-9-14-25(23)36)17-26(35-20(2)24(30)18-32-35)31-15-10-16-34(4)29(37)27-21(3)38-33-28(27)22-11-6-5-7-12-22/h5-9,11-14,17-18,31,36H,1,10,15-16H2,2-4H3/b26-17-. The minimum atomic E-state index is -0.141. The number of hydrogen-bond acceptors (Lipinski definition) is 6. The smallest absolute Gasteiger partial charge is 0.259 e. The maximum absolute atomic E-state index is 13.3. The van der Waals surface area contributed by atoms with Crippen LogP contribution in [0.4, 0.5) is 0 Å². The van der Waals surface area contributed by atoms with Crippen LogP contribution in [0.5, 0.6) is 5.75 Å². The Morgan fingerprint density at radius 1 is 1.18 bits per heavy atom. The van der Waals surface area contributed by atoms with Crippen LogP contribution in [0.3, 0.4) is 0 Å². The number of amides is 1. The minimum Gasteiger partial charge on any atom is -0.507 e. The second-order valence-corrected chi connectivity index (χ2v) is 9.75. The molecular weight excluding hydrogens is 546 g/mol. The number of halogens is 1. The van der Waals surface area contributed by atoms with Crippen LogP contribution in [0, 0.1) is 13.8 Å². The van der Waals surface area contributed by atoms with Crippen molar-refractivity contribution in [2.45, 2.75) is 20.3 Å². The van der Waals surface area contributed by atoms with Gasteiger partial charge in [-0.15, -0.1) is 0 Å². The monoisotopic (exact) mass is 575 g/mol. The Hall–Kier alpha value is -4.11. The summed E-state index contributed by atoms with van der Waals surface area (Å²) in [5.41, 5.74) is 4.05. The number of hydrogen-bond donors (Lipinski definition) is 2. The molecule has 4 aromatic rings. The Bertz CT molecular complexity index is 1470. The molecule has 196 valence electrons. The summed E-state index contributed by atoms with van der Waals surface area (Å²) in [5, 5.41) is 22.3. The van der Waals surface area contributed by atoms with E-state index in [-0.39, 0.29) is 11.7 Å². The van der Waals surface area contributed by atoms with Gasteiger partial charge in [-0.1, -0.05) is 60.3 Å². The number of para-hydroxylation sites is 1. The Kier molecular flexibility index (Phi) is 8.48. The minimum absolute atomic E-state index is 0.141. The van der Waals surface area contributed by atoms with E-state index >= 15 is 0 Å². The molecule has 9 heteroatoms. The van der Waals surface area contributed by atoms with E-state index in [4.69, 9.17) is 4.52 Å². The molecule has 0 aliphatic heterocycles. The largest absolute Gasteiger partial charge is 0.507 e. The van der Waals surface area contributed by atoms with Crippen LogP contribution in [-0.4, -0.2) is 51.0 Å². The zero-order chi connectivity index (χ0) is 27.2. The number of carbonyl (C=O) groups excluding carboxylic acids is 1. The fraction of sp³-hybridized carbons (Fsp3) is 0.207. The van der Waals surface area contributed by atoms with Gasteiger partial charge < -0.3 is 19.8 Å². The van der Waals surface area contributed by atoms with E-state index in [1.807, 2.05) is 55.5 Å². The number of aryl methyl sites for hydroxylation is 1. The van der Waals surface area contributed by atoms with Crippen LogP contribution in [0.15, 0.2) is 82.4 Å². The lowest BCUT2D eigenvalue weighted by Crippen LogP contribution is -2.30. The number of carbonyl (C=O) groups is 1. The highest BCUT2D eigenvalue weighted by Crippen LogP contribution is 2.27. The van der Waals surface area contributed by atoms with E-state index < -0.39 is 0 Å². The number of aromatic hydroxyl groups is 1. The van der Waals surface area contributed by atoms with Gasteiger partial charge in [-0.25, -0.2) is 4.68 Å². The molecule has 0 unspecified atom stereocenters. The normalized spacial score (nSPS) is 11.4. The predicted octanol–water partition coefficient (Wildman–Crippen LogP) is 5.89. The number of phenols is 1. The maximum Gasteiger partial charge on any atom is 0.259 e. The summed E-state index contributed by atoms with van der Waals surface area (Å²) in [4.78, 5) is 15.0. The topological polar surface area (TPSA) is 96.4 Å². The molecule has 1 amide bonds. The molecule has 0 fully saturated rings. The molecule has 2 aromatic heterocycles. The van der Waals surface area contributed by atoms with Crippen LogP contribution in [0.2, 0.25) is 0 Å². The number of aromatic nitrogens is 3. The molecule has 0 spiro atoms. The van der Waals surface area contributed by atoms with E-state index in [1.54, 1.807) is 41.9 Å². The Balaban J connectivity index is 1.45. The molecule has 0 aliphatic rings. The van der Waals surface area contributed by atoms with Crippen molar-refractivity contribution in [3.8, 4) is 17.0 Å². The van der Waals surface area contributed by atoms with Crippen LogP contribution in [0.1, 0.15) is 33.8 Å². The zero-order valence-electron chi connectivity index (χ0n) is 21.6. The summed E-state index contributed by atoms with van der Waals surface area (Å²) in [6.45, 7) is 8.93. The molecule has 0 saturated carbocycles.